The third kappa shape index (κ3) is 3.91. The summed E-state index contributed by atoms with van der Waals surface area (Å²) in [7, 11) is -0.877. The monoisotopic (exact) mass is 409 g/mol. The zero-order valence-electron chi connectivity index (χ0n) is 15.3. The lowest BCUT2D eigenvalue weighted by atomic mass is 10.3. The van der Waals surface area contributed by atoms with E-state index in [0.29, 0.717) is 39.4 Å². The van der Waals surface area contributed by atoms with Gasteiger partial charge in [0, 0.05) is 17.4 Å². The van der Waals surface area contributed by atoms with E-state index in [-0.39, 0.29) is 10.6 Å². The number of aryl methyl sites for hydroxylation is 2. The number of rotatable bonds is 7. The second-order valence-electron chi connectivity index (χ2n) is 5.57. The van der Waals surface area contributed by atoms with E-state index in [0.717, 1.165) is 0 Å². The molecule has 0 radical (unpaired) electrons. The van der Waals surface area contributed by atoms with Crippen LogP contribution in [0.5, 0.6) is 11.5 Å². The Balaban J connectivity index is 1.96. The van der Waals surface area contributed by atoms with E-state index in [9.17, 15) is 8.42 Å². The van der Waals surface area contributed by atoms with Gasteiger partial charge in [0.2, 0.25) is 11.7 Å². The van der Waals surface area contributed by atoms with E-state index in [1.165, 1.54) is 25.6 Å². The van der Waals surface area contributed by atoms with Crippen molar-refractivity contribution in [2.24, 2.45) is 0 Å². The molecule has 2 aromatic heterocycles. The molecular weight excluding hydrogens is 390 g/mol. The van der Waals surface area contributed by atoms with Crippen molar-refractivity contribution in [3.63, 3.8) is 0 Å². The van der Waals surface area contributed by atoms with Crippen LogP contribution in [0.1, 0.15) is 17.7 Å². The molecule has 3 rings (SSSR count). The second-order valence-corrected chi connectivity index (χ2v) is 8.48. The van der Waals surface area contributed by atoms with Gasteiger partial charge in [-0.25, -0.2) is 8.42 Å². The minimum absolute atomic E-state index is 0.148. The van der Waals surface area contributed by atoms with Crippen LogP contribution in [0.25, 0.3) is 10.7 Å². The minimum Gasteiger partial charge on any atom is -0.497 e. The largest absolute Gasteiger partial charge is 0.497 e. The fraction of sp³-hybridized carbons (Fsp3) is 0.294. The normalized spacial score (nSPS) is 11.4. The molecule has 0 saturated carbocycles. The van der Waals surface area contributed by atoms with Crippen LogP contribution in [0.15, 0.2) is 33.7 Å². The van der Waals surface area contributed by atoms with Crippen molar-refractivity contribution < 1.29 is 22.4 Å². The number of thiophene rings is 1. The van der Waals surface area contributed by atoms with Gasteiger partial charge in [0.15, 0.2) is 0 Å². The molecule has 144 valence electrons. The summed E-state index contributed by atoms with van der Waals surface area (Å²) < 4.78 is 43.9. The molecule has 27 heavy (non-hydrogen) atoms. The lowest BCUT2D eigenvalue weighted by molar-refractivity contribution is 0.383. The van der Waals surface area contributed by atoms with Gasteiger partial charge in [0.25, 0.3) is 10.0 Å². The fourth-order valence-corrected chi connectivity index (χ4v) is 5.01. The summed E-state index contributed by atoms with van der Waals surface area (Å²) in [5.41, 5.74) is 0.289. The zero-order chi connectivity index (χ0) is 19.6. The maximum absolute atomic E-state index is 12.9. The molecular formula is C17H19N3O5S2. The highest BCUT2D eigenvalue weighted by atomic mass is 32.2. The summed E-state index contributed by atoms with van der Waals surface area (Å²) in [4.78, 5) is 5.63. The van der Waals surface area contributed by atoms with Gasteiger partial charge in [0.1, 0.15) is 16.4 Å². The first kappa shape index (κ1) is 19.2. The molecule has 1 N–H and O–H groups in total. The van der Waals surface area contributed by atoms with E-state index < -0.39 is 10.0 Å². The van der Waals surface area contributed by atoms with E-state index >= 15 is 0 Å². The van der Waals surface area contributed by atoms with Crippen molar-refractivity contribution in [1.82, 2.24) is 10.1 Å². The Morgan fingerprint density at radius 3 is 2.63 bits per heavy atom. The molecule has 0 aliphatic heterocycles. The van der Waals surface area contributed by atoms with Crippen molar-refractivity contribution in [3.8, 4) is 22.2 Å². The van der Waals surface area contributed by atoms with Crippen molar-refractivity contribution >= 4 is 27.0 Å². The van der Waals surface area contributed by atoms with Gasteiger partial charge in [-0.3, -0.25) is 4.72 Å². The van der Waals surface area contributed by atoms with Crippen LogP contribution in [0, 0.1) is 6.92 Å². The molecule has 0 unspecified atom stereocenters. The molecule has 10 heteroatoms. The molecule has 0 fully saturated rings. The molecule has 0 aliphatic rings. The Kier molecular flexibility index (Phi) is 5.38. The third-order valence-electron chi connectivity index (χ3n) is 3.80. The summed E-state index contributed by atoms with van der Waals surface area (Å²) in [5.74, 6) is 1.77. The van der Waals surface area contributed by atoms with Crippen LogP contribution < -0.4 is 14.2 Å². The van der Waals surface area contributed by atoms with E-state index in [1.807, 2.05) is 6.92 Å². The Bertz CT molecular complexity index is 1060. The van der Waals surface area contributed by atoms with Crippen molar-refractivity contribution in [2.45, 2.75) is 25.2 Å². The highest BCUT2D eigenvalue weighted by Gasteiger charge is 2.24. The Hall–Kier alpha value is -2.59. The number of sulfonamides is 1. The number of ether oxygens (including phenoxy) is 2. The van der Waals surface area contributed by atoms with Gasteiger partial charge in [-0.05, 0) is 25.1 Å². The number of hydrogen-bond acceptors (Lipinski definition) is 8. The molecule has 8 nitrogen and oxygen atoms in total. The fourth-order valence-electron chi connectivity index (χ4n) is 2.43. The molecule has 0 bridgehead atoms. The first-order valence-corrected chi connectivity index (χ1v) is 10.4. The van der Waals surface area contributed by atoms with Crippen molar-refractivity contribution in [1.29, 1.82) is 0 Å². The lowest BCUT2D eigenvalue weighted by Crippen LogP contribution is -2.14. The van der Waals surface area contributed by atoms with E-state index in [1.54, 1.807) is 31.2 Å². The number of nitrogens with zero attached hydrogens (tertiary/aromatic N) is 2. The topological polar surface area (TPSA) is 104 Å². The average molecular weight is 409 g/mol. The maximum Gasteiger partial charge on any atom is 0.263 e. The Labute approximate surface area is 161 Å². The van der Waals surface area contributed by atoms with Crippen LogP contribution in [0.2, 0.25) is 0 Å². The van der Waals surface area contributed by atoms with Gasteiger partial charge in [-0.1, -0.05) is 12.1 Å². The van der Waals surface area contributed by atoms with Crippen LogP contribution >= 0.6 is 11.3 Å². The SMILES string of the molecule is CCc1nc(-c2cc(S(=O)(=O)Nc3cc(OC)ccc3OC)c(C)s2)no1. The van der Waals surface area contributed by atoms with Gasteiger partial charge in [-0.2, -0.15) is 4.98 Å². The third-order valence-corrected chi connectivity index (χ3v) is 6.47. The first-order chi connectivity index (χ1) is 12.9. The molecule has 0 atom stereocenters. The van der Waals surface area contributed by atoms with Crippen LogP contribution in [0.4, 0.5) is 5.69 Å². The number of nitrogens with one attached hydrogen (secondary N) is 1. The molecule has 3 aromatic rings. The van der Waals surface area contributed by atoms with Crippen molar-refractivity contribution in [3.05, 3.63) is 35.0 Å². The molecule has 0 aliphatic carbocycles. The van der Waals surface area contributed by atoms with Gasteiger partial charge in [-0.15, -0.1) is 11.3 Å². The van der Waals surface area contributed by atoms with Crippen LogP contribution in [-0.4, -0.2) is 32.8 Å². The Morgan fingerprint density at radius 2 is 2.00 bits per heavy atom. The quantitative estimate of drug-likeness (QED) is 0.637. The minimum atomic E-state index is -3.85. The summed E-state index contributed by atoms with van der Waals surface area (Å²) >= 11 is 1.29. The van der Waals surface area contributed by atoms with E-state index in [4.69, 9.17) is 14.0 Å². The van der Waals surface area contributed by atoms with Crippen LogP contribution in [-0.2, 0) is 16.4 Å². The van der Waals surface area contributed by atoms with Gasteiger partial charge in [0.05, 0.1) is 24.8 Å². The number of benzene rings is 1. The lowest BCUT2D eigenvalue weighted by Gasteiger charge is -2.13. The second kappa shape index (κ2) is 7.57. The molecule has 2 heterocycles. The van der Waals surface area contributed by atoms with Crippen molar-refractivity contribution in [2.75, 3.05) is 18.9 Å². The summed E-state index contributed by atoms with van der Waals surface area (Å²) in [6.07, 6.45) is 0.611. The standard InChI is InChI=1S/C17H19N3O5S2/c1-5-16-18-17(19-25-16)14-9-15(10(2)26-14)27(21,22)20-12-8-11(23-3)6-7-13(12)24-4/h6-9,20H,5H2,1-4H3. The highest BCUT2D eigenvalue weighted by molar-refractivity contribution is 7.93. The van der Waals surface area contributed by atoms with E-state index in [2.05, 4.69) is 14.9 Å². The number of hydrogen-bond donors (Lipinski definition) is 1. The molecule has 0 saturated heterocycles. The van der Waals surface area contributed by atoms with Gasteiger partial charge >= 0.3 is 0 Å². The summed E-state index contributed by atoms with van der Waals surface area (Å²) in [5, 5.41) is 3.90. The summed E-state index contributed by atoms with van der Waals surface area (Å²) in [6.45, 7) is 3.63. The smallest absolute Gasteiger partial charge is 0.263 e. The number of anilines is 1. The molecule has 1 aromatic carbocycles. The number of aromatic nitrogens is 2. The summed E-state index contributed by atoms with van der Waals surface area (Å²) in [6, 6.07) is 6.42. The van der Waals surface area contributed by atoms with Gasteiger partial charge < -0.3 is 14.0 Å². The predicted octanol–water partition coefficient (Wildman–Crippen LogP) is 3.49. The average Bonchev–Trinajstić information content (AvgIpc) is 3.28. The molecule has 0 spiro atoms. The highest BCUT2D eigenvalue weighted by Crippen LogP contribution is 2.35. The number of methoxy groups -OCH3 is 2. The van der Waals surface area contributed by atoms with Crippen LogP contribution in [0.3, 0.4) is 0 Å². The zero-order valence-corrected chi connectivity index (χ0v) is 16.9. The first-order valence-electron chi connectivity index (χ1n) is 8.06. The Morgan fingerprint density at radius 1 is 1.22 bits per heavy atom. The molecule has 0 amide bonds. The maximum atomic E-state index is 12.9. The predicted molar refractivity (Wildman–Crippen MR) is 102 cm³/mol.